The van der Waals surface area contributed by atoms with E-state index in [4.69, 9.17) is 5.73 Å². The summed E-state index contributed by atoms with van der Waals surface area (Å²) in [7, 11) is 2.09. The molecule has 4 N–H and O–H groups in total. The van der Waals surface area contributed by atoms with Crippen LogP contribution in [0.5, 0.6) is 0 Å². The maximum atomic E-state index is 16.7. The second-order valence-electron chi connectivity index (χ2n) is 18.1. The Morgan fingerprint density at radius 1 is 0.839 bits per heavy atom. The zero-order valence-electron chi connectivity index (χ0n) is 34.3. The topological polar surface area (TPSA) is 115 Å². The van der Waals surface area contributed by atoms with Crippen molar-refractivity contribution in [2.75, 3.05) is 70.0 Å². The van der Waals surface area contributed by atoms with Crippen molar-refractivity contribution in [3.63, 3.8) is 0 Å². The largest absolute Gasteiger partial charge is 0.381 e. The molecule has 5 heterocycles. The third-order valence-electron chi connectivity index (χ3n) is 14.2. The number of fused-ring (bicyclic) bond motifs is 1. The lowest BCUT2D eigenvalue weighted by atomic mass is 9.74. The van der Waals surface area contributed by atoms with Crippen LogP contribution in [0, 0.1) is 5.92 Å². The van der Waals surface area contributed by atoms with Crippen LogP contribution in [0.4, 0.5) is 20.4 Å². The van der Waals surface area contributed by atoms with Gasteiger partial charge in [-0.2, -0.15) is 5.10 Å². The van der Waals surface area contributed by atoms with Crippen LogP contribution in [0.25, 0.3) is 0 Å². The SMILES string of the molecule is CN1CCN(C(=O)C2CCN(C3C(F)CNC4(/C=C\CCCCCCC4)C3NC(=O)c3c(N)nn4c3N(C3CCCCCCCCCC3)CC(F)C4)CC2)CC1. The first-order valence-corrected chi connectivity index (χ1v) is 22.6. The normalized spacial score (nSPS) is 32.3. The number of carbonyl (C=O) groups is 2. The van der Waals surface area contributed by atoms with Gasteiger partial charge < -0.3 is 31.1 Å². The predicted molar refractivity (Wildman–Crippen MR) is 219 cm³/mol. The maximum absolute atomic E-state index is 16.7. The molecule has 0 aromatic carbocycles. The van der Waals surface area contributed by atoms with Gasteiger partial charge in [-0.3, -0.25) is 14.5 Å². The molecule has 13 heteroatoms. The number of nitrogens with zero attached hydrogens (tertiary/aromatic N) is 6. The van der Waals surface area contributed by atoms with E-state index >= 15 is 13.6 Å². The van der Waals surface area contributed by atoms with Crippen molar-refractivity contribution in [1.82, 2.24) is 35.1 Å². The Kier molecular flexibility index (Phi) is 14.3. The molecule has 314 valence electrons. The molecule has 1 spiro atoms. The summed E-state index contributed by atoms with van der Waals surface area (Å²) in [6, 6.07) is -1.10. The second-order valence-corrected chi connectivity index (χ2v) is 18.1. The Hall–Kier alpha value is -2.77. The average molecular weight is 784 g/mol. The molecule has 1 aromatic heterocycles. The van der Waals surface area contributed by atoms with Crippen molar-refractivity contribution in [2.45, 2.75) is 165 Å². The average Bonchev–Trinajstić information content (AvgIpc) is 3.50. The van der Waals surface area contributed by atoms with Crippen LogP contribution in [0.3, 0.4) is 0 Å². The van der Waals surface area contributed by atoms with Crippen LogP contribution in [0.15, 0.2) is 12.2 Å². The Morgan fingerprint density at radius 3 is 2.18 bits per heavy atom. The molecule has 0 radical (unpaired) electrons. The number of alkyl halides is 2. The summed E-state index contributed by atoms with van der Waals surface area (Å²) in [5, 5.41) is 11.7. The van der Waals surface area contributed by atoms with Gasteiger partial charge in [0.05, 0.1) is 30.7 Å². The minimum atomic E-state index is -1.23. The van der Waals surface area contributed by atoms with Crippen LogP contribution in [0.1, 0.15) is 132 Å². The van der Waals surface area contributed by atoms with E-state index in [1.54, 1.807) is 4.68 Å². The quantitative estimate of drug-likeness (QED) is 0.320. The van der Waals surface area contributed by atoms with Gasteiger partial charge >= 0.3 is 0 Å². The summed E-state index contributed by atoms with van der Waals surface area (Å²) in [4.78, 5) is 37.2. The highest BCUT2D eigenvalue weighted by molar-refractivity contribution is 6.04. The molecule has 7 rings (SSSR count). The summed E-state index contributed by atoms with van der Waals surface area (Å²) >= 11 is 0. The molecule has 4 fully saturated rings. The summed E-state index contributed by atoms with van der Waals surface area (Å²) < 4.78 is 33.9. The molecule has 6 aliphatic rings. The Bertz CT molecular complexity index is 1460. The molecule has 1 saturated carbocycles. The lowest BCUT2D eigenvalue weighted by molar-refractivity contribution is -0.139. The van der Waals surface area contributed by atoms with Gasteiger partial charge in [0.2, 0.25) is 5.91 Å². The fraction of sp³-hybridized carbons (Fsp3) is 0.837. The fourth-order valence-corrected chi connectivity index (χ4v) is 10.9. The number of piperidine rings is 2. The Morgan fingerprint density at radius 2 is 1.48 bits per heavy atom. The lowest BCUT2D eigenvalue weighted by Gasteiger charge is -2.53. The Labute approximate surface area is 334 Å². The first kappa shape index (κ1) is 41.4. The van der Waals surface area contributed by atoms with Crippen molar-refractivity contribution in [2.24, 2.45) is 5.92 Å². The van der Waals surface area contributed by atoms with Gasteiger partial charge in [-0.15, -0.1) is 0 Å². The standard InChI is InChI=1S/C43H71F2N9O2/c1-50-25-27-52(28-26-50)42(56)32-19-23-51(24-20-32)37-35(45)29-47-43(21-15-11-7-4-8-12-16-22-43)38(37)48-40(55)36-39(46)49-54-31-33(44)30-53(41(36)54)34-17-13-9-5-2-3-6-10-14-18-34/h15,21,32-35,37-38,47H,2-14,16-20,22-31H2,1H3,(H2,46,49)(H,48,55)/b21-15-. The van der Waals surface area contributed by atoms with Crippen molar-refractivity contribution in [1.29, 1.82) is 0 Å². The van der Waals surface area contributed by atoms with Crippen LogP contribution < -0.4 is 21.3 Å². The summed E-state index contributed by atoms with van der Waals surface area (Å²) in [6.07, 6.45) is 22.1. The van der Waals surface area contributed by atoms with E-state index in [2.05, 4.69) is 49.6 Å². The number of nitrogens with one attached hydrogen (secondary N) is 2. The predicted octanol–water partition coefficient (Wildman–Crippen LogP) is 5.84. The van der Waals surface area contributed by atoms with E-state index in [0.717, 1.165) is 103 Å². The first-order valence-electron chi connectivity index (χ1n) is 22.6. The number of hydrogen-bond donors (Lipinski definition) is 3. The molecule has 56 heavy (non-hydrogen) atoms. The number of likely N-dealkylation sites (N-methyl/N-ethyl adjacent to an activating group) is 1. The minimum Gasteiger partial charge on any atom is -0.381 e. The molecule has 5 unspecified atom stereocenters. The molecule has 4 aliphatic heterocycles. The molecular formula is C43H71F2N9O2. The number of nitrogens with two attached hydrogens (primary N) is 1. The lowest BCUT2D eigenvalue weighted by Crippen LogP contribution is -2.75. The fourth-order valence-electron chi connectivity index (χ4n) is 10.9. The van der Waals surface area contributed by atoms with Gasteiger partial charge in [0, 0.05) is 44.7 Å². The highest BCUT2D eigenvalue weighted by atomic mass is 19.1. The number of carbonyl (C=O) groups excluding carboxylic acids is 2. The van der Waals surface area contributed by atoms with Crippen LogP contribution in [-0.4, -0.2) is 132 Å². The highest BCUT2D eigenvalue weighted by Gasteiger charge is 2.52. The number of amides is 2. The summed E-state index contributed by atoms with van der Waals surface area (Å²) in [5.74, 6) is 0.511. The smallest absolute Gasteiger partial charge is 0.259 e. The maximum Gasteiger partial charge on any atom is 0.259 e. The van der Waals surface area contributed by atoms with Gasteiger partial charge in [0.25, 0.3) is 5.91 Å². The monoisotopic (exact) mass is 784 g/mol. The molecular weight excluding hydrogens is 713 g/mol. The van der Waals surface area contributed by atoms with Crippen molar-refractivity contribution in [3.8, 4) is 0 Å². The van der Waals surface area contributed by atoms with Crippen LogP contribution in [-0.2, 0) is 11.3 Å². The number of hydrogen-bond acceptors (Lipinski definition) is 8. The van der Waals surface area contributed by atoms with E-state index in [1.165, 1.54) is 32.1 Å². The third kappa shape index (κ3) is 9.57. The Balaban J connectivity index is 1.17. The van der Waals surface area contributed by atoms with Crippen molar-refractivity contribution in [3.05, 3.63) is 17.7 Å². The van der Waals surface area contributed by atoms with Gasteiger partial charge in [-0.1, -0.05) is 89.2 Å². The van der Waals surface area contributed by atoms with Crippen molar-refractivity contribution < 1.29 is 18.4 Å². The number of allylic oxidation sites excluding steroid dienone is 1. The molecule has 3 saturated heterocycles. The number of halogens is 2. The zero-order valence-corrected chi connectivity index (χ0v) is 34.3. The highest BCUT2D eigenvalue weighted by Crippen LogP contribution is 2.38. The first-order chi connectivity index (χ1) is 27.2. The molecule has 1 aromatic rings. The van der Waals surface area contributed by atoms with Crippen LogP contribution >= 0.6 is 0 Å². The number of aromatic nitrogens is 2. The van der Waals surface area contributed by atoms with E-state index < -0.39 is 30.0 Å². The molecule has 2 aliphatic carbocycles. The number of rotatable bonds is 5. The number of likely N-dealkylation sites (tertiary alicyclic amines) is 1. The zero-order chi connectivity index (χ0) is 39.1. The van der Waals surface area contributed by atoms with E-state index in [9.17, 15) is 4.79 Å². The van der Waals surface area contributed by atoms with Crippen LogP contribution in [0.2, 0.25) is 0 Å². The van der Waals surface area contributed by atoms with E-state index in [-0.39, 0.29) is 49.2 Å². The number of anilines is 2. The van der Waals surface area contributed by atoms with Crippen molar-refractivity contribution >= 4 is 23.5 Å². The second kappa shape index (κ2) is 19.3. The van der Waals surface area contributed by atoms with Gasteiger partial charge in [0.15, 0.2) is 5.82 Å². The van der Waals surface area contributed by atoms with Gasteiger partial charge in [-0.25, -0.2) is 13.5 Å². The van der Waals surface area contributed by atoms with E-state index in [1.807, 2.05) is 4.90 Å². The van der Waals surface area contributed by atoms with E-state index in [0.29, 0.717) is 37.3 Å². The number of piperazine rings is 1. The summed E-state index contributed by atoms with van der Waals surface area (Å²) in [5.41, 5.74) is 6.30. The molecule has 0 bridgehead atoms. The minimum absolute atomic E-state index is 0.0602. The molecule has 5 atom stereocenters. The van der Waals surface area contributed by atoms with Gasteiger partial charge in [-0.05, 0) is 65.1 Å². The molecule has 2 amide bonds. The third-order valence-corrected chi connectivity index (χ3v) is 14.2. The summed E-state index contributed by atoms with van der Waals surface area (Å²) in [6.45, 7) is 4.95. The van der Waals surface area contributed by atoms with Gasteiger partial charge in [0.1, 0.15) is 23.7 Å². The molecule has 11 nitrogen and oxygen atoms in total. The number of nitrogen functional groups attached to an aromatic ring is 1.